The summed E-state index contributed by atoms with van der Waals surface area (Å²) in [5.74, 6) is -0.0128. The van der Waals surface area contributed by atoms with Gasteiger partial charge in [-0.2, -0.15) is 0 Å². The van der Waals surface area contributed by atoms with Crippen LogP contribution in [-0.2, 0) is 5.41 Å². The van der Waals surface area contributed by atoms with Gasteiger partial charge < -0.3 is 10.5 Å². The molecular weight excluding hydrogens is 193 g/mol. The minimum absolute atomic E-state index is 0.00705. The van der Waals surface area contributed by atoms with E-state index in [9.17, 15) is 4.39 Å². The Kier molecular flexibility index (Phi) is 2.43. The van der Waals surface area contributed by atoms with Crippen LogP contribution in [0.5, 0.6) is 5.75 Å². The van der Waals surface area contributed by atoms with E-state index in [1.807, 2.05) is 13.0 Å². The van der Waals surface area contributed by atoms with Gasteiger partial charge >= 0.3 is 0 Å². The van der Waals surface area contributed by atoms with Gasteiger partial charge in [0.2, 0.25) is 0 Å². The first-order valence-electron chi connectivity index (χ1n) is 5.20. The molecule has 1 aromatic rings. The molecule has 15 heavy (non-hydrogen) atoms. The van der Waals surface area contributed by atoms with Crippen molar-refractivity contribution in [1.82, 2.24) is 0 Å². The van der Waals surface area contributed by atoms with Gasteiger partial charge in [-0.15, -0.1) is 0 Å². The number of methoxy groups -OCH3 is 1. The lowest BCUT2D eigenvalue weighted by atomic mass is 9.89. The summed E-state index contributed by atoms with van der Waals surface area (Å²) >= 11 is 0. The second-order valence-corrected chi connectivity index (χ2v) is 4.29. The standard InChI is InChI=1S/C12H16FNO/c1-8(14)12(5-6-12)9-3-4-11(15-2)10(13)7-9/h3-4,7-8H,5-6,14H2,1-2H3. The Labute approximate surface area is 89.2 Å². The molecule has 3 heteroatoms. The highest BCUT2D eigenvalue weighted by molar-refractivity contribution is 5.38. The van der Waals surface area contributed by atoms with Crippen LogP contribution in [0.3, 0.4) is 0 Å². The van der Waals surface area contributed by atoms with E-state index in [0.717, 1.165) is 18.4 Å². The minimum atomic E-state index is -0.304. The van der Waals surface area contributed by atoms with E-state index in [2.05, 4.69) is 0 Å². The zero-order chi connectivity index (χ0) is 11.1. The molecule has 2 N–H and O–H groups in total. The van der Waals surface area contributed by atoms with E-state index in [-0.39, 0.29) is 17.3 Å². The van der Waals surface area contributed by atoms with Crippen LogP contribution in [0, 0.1) is 5.82 Å². The largest absolute Gasteiger partial charge is 0.494 e. The molecule has 2 rings (SSSR count). The summed E-state index contributed by atoms with van der Waals surface area (Å²) in [4.78, 5) is 0. The van der Waals surface area contributed by atoms with Gasteiger partial charge in [0, 0.05) is 11.5 Å². The van der Waals surface area contributed by atoms with Crippen LogP contribution in [0.25, 0.3) is 0 Å². The van der Waals surface area contributed by atoms with Crippen LogP contribution in [-0.4, -0.2) is 13.2 Å². The maximum absolute atomic E-state index is 13.5. The topological polar surface area (TPSA) is 35.2 Å². The first-order valence-corrected chi connectivity index (χ1v) is 5.20. The Balaban J connectivity index is 2.35. The van der Waals surface area contributed by atoms with Gasteiger partial charge in [0.15, 0.2) is 11.6 Å². The van der Waals surface area contributed by atoms with Crippen molar-refractivity contribution < 1.29 is 9.13 Å². The van der Waals surface area contributed by atoms with Gasteiger partial charge in [0.25, 0.3) is 0 Å². The zero-order valence-corrected chi connectivity index (χ0v) is 9.09. The summed E-state index contributed by atoms with van der Waals surface area (Å²) in [5.41, 5.74) is 6.93. The first kappa shape index (κ1) is 10.4. The summed E-state index contributed by atoms with van der Waals surface area (Å²) in [6, 6.07) is 5.21. The van der Waals surface area contributed by atoms with Gasteiger partial charge in [-0.05, 0) is 37.5 Å². The molecule has 0 bridgehead atoms. The fourth-order valence-corrected chi connectivity index (χ4v) is 2.12. The van der Waals surface area contributed by atoms with Crippen LogP contribution in [0.1, 0.15) is 25.3 Å². The lowest BCUT2D eigenvalue weighted by molar-refractivity contribution is 0.385. The monoisotopic (exact) mass is 209 g/mol. The number of hydrogen-bond acceptors (Lipinski definition) is 2. The van der Waals surface area contributed by atoms with E-state index >= 15 is 0 Å². The third-order valence-electron chi connectivity index (χ3n) is 3.39. The first-order chi connectivity index (χ1) is 7.10. The predicted molar refractivity (Wildman–Crippen MR) is 57.5 cm³/mol. The van der Waals surface area contributed by atoms with Crippen LogP contribution >= 0.6 is 0 Å². The normalized spacial score (nSPS) is 19.7. The van der Waals surface area contributed by atoms with Gasteiger partial charge in [-0.1, -0.05) is 6.07 Å². The minimum Gasteiger partial charge on any atom is -0.494 e. The quantitative estimate of drug-likeness (QED) is 0.828. The van der Waals surface area contributed by atoms with Crippen molar-refractivity contribution in [1.29, 1.82) is 0 Å². The summed E-state index contributed by atoms with van der Waals surface area (Å²) in [5, 5.41) is 0. The highest BCUT2D eigenvalue weighted by Crippen LogP contribution is 2.50. The van der Waals surface area contributed by atoms with Crippen LogP contribution in [0.15, 0.2) is 18.2 Å². The van der Waals surface area contributed by atoms with Crippen LogP contribution in [0.2, 0.25) is 0 Å². The maximum Gasteiger partial charge on any atom is 0.165 e. The number of nitrogens with two attached hydrogens (primary N) is 1. The van der Waals surface area contributed by atoms with Gasteiger partial charge in [-0.3, -0.25) is 0 Å². The molecule has 0 saturated heterocycles. The van der Waals surface area contributed by atoms with Crippen LogP contribution < -0.4 is 10.5 Å². The summed E-state index contributed by atoms with van der Waals surface area (Å²) < 4.78 is 18.4. The van der Waals surface area contributed by atoms with E-state index in [1.165, 1.54) is 7.11 Å². The number of ether oxygens (including phenoxy) is 1. The van der Waals surface area contributed by atoms with E-state index < -0.39 is 0 Å². The van der Waals surface area contributed by atoms with Crippen LogP contribution in [0.4, 0.5) is 4.39 Å². The summed E-state index contributed by atoms with van der Waals surface area (Å²) in [7, 11) is 1.47. The lowest BCUT2D eigenvalue weighted by Gasteiger charge is -2.20. The third kappa shape index (κ3) is 1.61. The molecule has 1 aliphatic rings. The fourth-order valence-electron chi connectivity index (χ4n) is 2.12. The average Bonchev–Trinajstić information content (AvgIpc) is 2.98. The molecule has 1 saturated carbocycles. The Bertz CT molecular complexity index is 372. The molecule has 1 fully saturated rings. The molecule has 0 aliphatic heterocycles. The van der Waals surface area contributed by atoms with E-state index in [4.69, 9.17) is 10.5 Å². The van der Waals surface area contributed by atoms with Crippen molar-refractivity contribution in [3.63, 3.8) is 0 Å². The number of hydrogen-bond donors (Lipinski definition) is 1. The van der Waals surface area contributed by atoms with Crippen molar-refractivity contribution in [2.45, 2.75) is 31.2 Å². The lowest BCUT2D eigenvalue weighted by Crippen LogP contribution is -2.31. The number of halogens is 1. The molecule has 0 aromatic heterocycles. The third-order valence-corrected chi connectivity index (χ3v) is 3.39. The molecule has 1 atom stereocenters. The molecule has 1 aromatic carbocycles. The Hall–Kier alpha value is -1.09. The SMILES string of the molecule is COc1ccc(C2(C(C)N)CC2)cc1F. The van der Waals surface area contributed by atoms with Crippen molar-refractivity contribution in [2.24, 2.45) is 5.73 Å². The molecule has 2 nitrogen and oxygen atoms in total. The second-order valence-electron chi connectivity index (χ2n) is 4.29. The van der Waals surface area contributed by atoms with Crippen molar-refractivity contribution in [3.05, 3.63) is 29.6 Å². The second kappa shape index (κ2) is 3.49. The Morgan fingerprint density at radius 1 is 1.47 bits per heavy atom. The molecule has 0 radical (unpaired) electrons. The highest BCUT2D eigenvalue weighted by Gasteiger charge is 2.47. The molecule has 1 unspecified atom stereocenters. The molecular formula is C12H16FNO. The molecule has 1 aliphatic carbocycles. The Morgan fingerprint density at radius 2 is 2.13 bits per heavy atom. The highest BCUT2D eigenvalue weighted by atomic mass is 19.1. The van der Waals surface area contributed by atoms with Gasteiger partial charge in [0.1, 0.15) is 0 Å². The fraction of sp³-hybridized carbons (Fsp3) is 0.500. The Morgan fingerprint density at radius 3 is 2.53 bits per heavy atom. The predicted octanol–water partition coefficient (Wildman–Crippen LogP) is 2.21. The van der Waals surface area contributed by atoms with Gasteiger partial charge in [0.05, 0.1) is 7.11 Å². The molecule has 0 heterocycles. The molecule has 82 valence electrons. The number of benzene rings is 1. The van der Waals surface area contributed by atoms with Crippen molar-refractivity contribution in [2.75, 3.05) is 7.11 Å². The average molecular weight is 209 g/mol. The van der Waals surface area contributed by atoms with E-state index in [1.54, 1.807) is 12.1 Å². The number of rotatable bonds is 3. The summed E-state index contributed by atoms with van der Waals surface area (Å²) in [6.07, 6.45) is 2.10. The van der Waals surface area contributed by atoms with E-state index in [0.29, 0.717) is 5.75 Å². The smallest absolute Gasteiger partial charge is 0.165 e. The zero-order valence-electron chi connectivity index (χ0n) is 9.09. The maximum atomic E-state index is 13.5. The van der Waals surface area contributed by atoms with Gasteiger partial charge in [-0.25, -0.2) is 4.39 Å². The molecule has 0 spiro atoms. The molecule has 0 amide bonds. The van der Waals surface area contributed by atoms with Crippen molar-refractivity contribution >= 4 is 0 Å². The van der Waals surface area contributed by atoms with Crippen molar-refractivity contribution in [3.8, 4) is 5.75 Å². The summed E-state index contributed by atoms with van der Waals surface area (Å²) in [6.45, 7) is 1.98.